The molecular formula is C20H29N3O5. The van der Waals surface area contributed by atoms with Gasteiger partial charge < -0.3 is 21.5 Å². The topological polar surface area (TPSA) is 139 Å². The van der Waals surface area contributed by atoms with Gasteiger partial charge in [-0.3, -0.25) is 19.2 Å². The molecule has 8 nitrogen and oxygen atoms in total. The van der Waals surface area contributed by atoms with E-state index in [1.807, 2.05) is 44.2 Å². The van der Waals surface area contributed by atoms with E-state index in [2.05, 4.69) is 10.6 Å². The molecule has 0 heterocycles. The number of hydrogen-bond donors (Lipinski definition) is 4. The first-order valence-corrected chi connectivity index (χ1v) is 9.33. The van der Waals surface area contributed by atoms with E-state index >= 15 is 0 Å². The van der Waals surface area contributed by atoms with Crippen LogP contribution in [0.2, 0.25) is 0 Å². The van der Waals surface area contributed by atoms with E-state index in [1.54, 1.807) is 0 Å². The number of primary amides is 1. The van der Waals surface area contributed by atoms with E-state index in [0.717, 1.165) is 5.56 Å². The van der Waals surface area contributed by atoms with Gasteiger partial charge in [-0.15, -0.1) is 0 Å². The molecule has 0 saturated carbocycles. The second-order valence-electron chi connectivity index (χ2n) is 7.15. The van der Waals surface area contributed by atoms with Crippen LogP contribution in [0.25, 0.3) is 0 Å². The molecule has 0 fully saturated rings. The Kier molecular flexibility index (Phi) is 9.70. The quantitative estimate of drug-likeness (QED) is 0.421. The minimum atomic E-state index is -0.982. The molecule has 3 amide bonds. The fourth-order valence-corrected chi connectivity index (χ4v) is 2.72. The van der Waals surface area contributed by atoms with E-state index in [0.29, 0.717) is 6.42 Å². The fourth-order valence-electron chi connectivity index (χ4n) is 2.72. The smallest absolute Gasteiger partial charge is 0.303 e. The molecule has 0 spiro atoms. The highest BCUT2D eigenvalue weighted by Crippen LogP contribution is 2.08. The first kappa shape index (κ1) is 23.1. The van der Waals surface area contributed by atoms with E-state index in [1.165, 1.54) is 0 Å². The summed E-state index contributed by atoms with van der Waals surface area (Å²) in [6.07, 6.45) is 0.686. The van der Waals surface area contributed by atoms with Crippen molar-refractivity contribution in [2.75, 3.05) is 0 Å². The van der Waals surface area contributed by atoms with Crippen LogP contribution in [0, 0.1) is 5.92 Å². The predicted molar refractivity (Wildman–Crippen MR) is 104 cm³/mol. The minimum absolute atomic E-state index is 0.00386. The summed E-state index contributed by atoms with van der Waals surface area (Å²) in [5, 5.41) is 13.9. The first-order chi connectivity index (χ1) is 13.2. The lowest BCUT2D eigenvalue weighted by molar-refractivity contribution is -0.137. The van der Waals surface area contributed by atoms with Crippen molar-refractivity contribution in [2.24, 2.45) is 11.7 Å². The highest BCUT2D eigenvalue weighted by Gasteiger charge is 2.26. The summed E-state index contributed by atoms with van der Waals surface area (Å²) in [5.41, 5.74) is 6.23. The Morgan fingerprint density at radius 1 is 1.00 bits per heavy atom. The van der Waals surface area contributed by atoms with E-state index < -0.39 is 35.8 Å². The first-order valence-electron chi connectivity index (χ1n) is 9.33. The number of rotatable bonds is 12. The van der Waals surface area contributed by atoms with Crippen molar-refractivity contribution < 1.29 is 24.3 Å². The summed E-state index contributed by atoms with van der Waals surface area (Å²) in [5.74, 6) is -2.38. The van der Waals surface area contributed by atoms with Crippen molar-refractivity contribution in [2.45, 2.75) is 58.0 Å². The van der Waals surface area contributed by atoms with Crippen LogP contribution < -0.4 is 16.4 Å². The molecule has 0 aliphatic carbocycles. The normalized spacial score (nSPS) is 12.8. The van der Waals surface area contributed by atoms with E-state index in [4.69, 9.17) is 10.8 Å². The van der Waals surface area contributed by atoms with Crippen LogP contribution in [-0.4, -0.2) is 40.9 Å². The largest absolute Gasteiger partial charge is 0.481 e. The van der Waals surface area contributed by atoms with Gasteiger partial charge in [0.1, 0.15) is 12.1 Å². The third kappa shape index (κ3) is 9.16. The maximum atomic E-state index is 12.7. The van der Waals surface area contributed by atoms with Crippen LogP contribution in [0.15, 0.2) is 30.3 Å². The summed E-state index contributed by atoms with van der Waals surface area (Å²) in [6.45, 7) is 3.82. The molecule has 0 unspecified atom stereocenters. The summed E-state index contributed by atoms with van der Waals surface area (Å²) < 4.78 is 0. The highest BCUT2D eigenvalue weighted by molar-refractivity contribution is 5.91. The van der Waals surface area contributed by atoms with Gasteiger partial charge >= 0.3 is 5.97 Å². The zero-order valence-corrected chi connectivity index (χ0v) is 16.3. The molecule has 0 saturated heterocycles. The average Bonchev–Trinajstić information content (AvgIpc) is 2.60. The number of carbonyl (C=O) groups is 4. The van der Waals surface area contributed by atoms with Crippen molar-refractivity contribution in [3.05, 3.63) is 35.9 Å². The van der Waals surface area contributed by atoms with Crippen LogP contribution in [0.3, 0.4) is 0 Å². The van der Waals surface area contributed by atoms with Gasteiger partial charge in [0, 0.05) is 19.3 Å². The summed E-state index contributed by atoms with van der Waals surface area (Å²) in [7, 11) is 0. The molecule has 0 aliphatic rings. The number of hydrogen-bond acceptors (Lipinski definition) is 4. The Labute approximate surface area is 164 Å². The van der Waals surface area contributed by atoms with Crippen molar-refractivity contribution in [1.29, 1.82) is 0 Å². The van der Waals surface area contributed by atoms with Gasteiger partial charge in [0.2, 0.25) is 17.7 Å². The van der Waals surface area contributed by atoms with Crippen molar-refractivity contribution >= 4 is 23.7 Å². The molecule has 0 bridgehead atoms. The molecular weight excluding hydrogens is 362 g/mol. The standard InChI is InChI=1S/C20H29N3O5/c1-13(2)11-15(19(21)27)23-20(28)16(12-14-7-4-3-5-8-14)22-17(24)9-6-10-18(25)26/h3-5,7-8,13,15-16H,6,9-12H2,1-2H3,(H2,21,27)(H,22,24)(H,23,28)(H,25,26)/t15-,16-/m0/s1. The number of amides is 3. The van der Waals surface area contributed by atoms with Crippen molar-refractivity contribution in [3.8, 4) is 0 Å². The lowest BCUT2D eigenvalue weighted by Gasteiger charge is -2.23. The van der Waals surface area contributed by atoms with Gasteiger partial charge in [0.25, 0.3) is 0 Å². The zero-order valence-electron chi connectivity index (χ0n) is 16.3. The molecule has 0 aliphatic heterocycles. The Morgan fingerprint density at radius 2 is 1.64 bits per heavy atom. The third-order valence-corrected chi connectivity index (χ3v) is 4.10. The van der Waals surface area contributed by atoms with Crippen LogP contribution in [0.1, 0.15) is 45.1 Å². The summed E-state index contributed by atoms with van der Waals surface area (Å²) >= 11 is 0. The number of carboxylic acid groups (broad SMARTS) is 1. The molecule has 1 aromatic carbocycles. The van der Waals surface area contributed by atoms with Gasteiger partial charge in [-0.1, -0.05) is 44.2 Å². The molecule has 154 valence electrons. The minimum Gasteiger partial charge on any atom is -0.481 e. The SMILES string of the molecule is CC(C)C[C@H](NC(=O)[C@H](Cc1ccccc1)NC(=O)CCCC(=O)O)C(N)=O. The van der Waals surface area contributed by atoms with Crippen LogP contribution >= 0.6 is 0 Å². The molecule has 2 atom stereocenters. The second-order valence-corrected chi connectivity index (χ2v) is 7.15. The fraction of sp³-hybridized carbons (Fsp3) is 0.500. The molecule has 5 N–H and O–H groups in total. The lowest BCUT2D eigenvalue weighted by Crippen LogP contribution is -2.54. The predicted octanol–water partition coefficient (Wildman–Crippen LogP) is 0.985. The summed E-state index contributed by atoms with van der Waals surface area (Å²) in [6, 6.07) is 7.43. The highest BCUT2D eigenvalue weighted by atomic mass is 16.4. The number of benzene rings is 1. The number of nitrogens with two attached hydrogens (primary N) is 1. The monoisotopic (exact) mass is 391 g/mol. The Balaban J connectivity index is 2.83. The van der Waals surface area contributed by atoms with Gasteiger partial charge in [-0.2, -0.15) is 0 Å². The number of aliphatic carboxylic acids is 1. The number of carbonyl (C=O) groups excluding carboxylic acids is 3. The average molecular weight is 391 g/mol. The molecule has 1 rings (SSSR count). The molecule has 0 radical (unpaired) electrons. The zero-order chi connectivity index (χ0) is 21.1. The summed E-state index contributed by atoms with van der Waals surface area (Å²) in [4.78, 5) is 47.1. The maximum absolute atomic E-state index is 12.7. The van der Waals surface area contributed by atoms with Crippen molar-refractivity contribution in [3.63, 3.8) is 0 Å². The second kappa shape index (κ2) is 11.7. The van der Waals surface area contributed by atoms with Crippen LogP contribution in [0.4, 0.5) is 0 Å². The Bertz CT molecular complexity index is 676. The molecule has 8 heteroatoms. The Morgan fingerprint density at radius 3 is 2.18 bits per heavy atom. The van der Waals surface area contributed by atoms with Gasteiger partial charge in [-0.05, 0) is 24.3 Å². The van der Waals surface area contributed by atoms with Gasteiger partial charge in [0.05, 0.1) is 0 Å². The molecule has 0 aromatic heterocycles. The van der Waals surface area contributed by atoms with Crippen LogP contribution in [0.5, 0.6) is 0 Å². The van der Waals surface area contributed by atoms with Gasteiger partial charge in [-0.25, -0.2) is 0 Å². The lowest BCUT2D eigenvalue weighted by atomic mass is 10.0. The molecule has 28 heavy (non-hydrogen) atoms. The third-order valence-electron chi connectivity index (χ3n) is 4.10. The Hall–Kier alpha value is -2.90. The number of carboxylic acids is 1. The number of nitrogens with one attached hydrogen (secondary N) is 2. The van der Waals surface area contributed by atoms with Crippen molar-refractivity contribution in [1.82, 2.24) is 10.6 Å². The van der Waals surface area contributed by atoms with E-state index in [9.17, 15) is 19.2 Å². The molecule has 1 aromatic rings. The van der Waals surface area contributed by atoms with E-state index in [-0.39, 0.29) is 31.6 Å². The van der Waals surface area contributed by atoms with Crippen LogP contribution in [-0.2, 0) is 25.6 Å². The maximum Gasteiger partial charge on any atom is 0.303 e. The van der Waals surface area contributed by atoms with Gasteiger partial charge in [0.15, 0.2) is 0 Å².